The third-order valence-electron chi connectivity index (χ3n) is 4.65. The van der Waals surface area contributed by atoms with Crippen molar-refractivity contribution < 1.29 is 9.90 Å². The summed E-state index contributed by atoms with van der Waals surface area (Å²) in [5.74, 6) is 1.16. The summed E-state index contributed by atoms with van der Waals surface area (Å²) in [5, 5.41) is 15.5. The molecule has 4 nitrogen and oxygen atoms in total. The Bertz CT molecular complexity index is 487. The second kappa shape index (κ2) is 6.94. The smallest absolute Gasteiger partial charge is 0.319 e. The Morgan fingerprint density at radius 3 is 2.81 bits per heavy atom. The van der Waals surface area contributed by atoms with Gasteiger partial charge in [0.1, 0.15) is 0 Å². The van der Waals surface area contributed by atoms with Gasteiger partial charge in [0.2, 0.25) is 0 Å². The van der Waals surface area contributed by atoms with Crippen LogP contribution >= 0.6 is 0 Å². The maximum Gasteiger partial charge on any atom is 0.319 e. The van der Waals surface area contributed by atoms with E-state index in [-0.39, 0.29) is 12.1 Å². The SMILES string of the molecule is CC(O)c1cccc(NC(=O)NC2CCCC(C)C2C)c1. The zero-order chi connectivity index (χ0) is 15.4. The van der Waals surface area contributed by atoms with Crippen molar-refractivity contribution in [2.75, 3.05) is 5.32 Å². The third kappa shape index (κ3) is 4.21. The summed E-state index contributed by atoms with van der Waals surface area (Å²) in [5.41, 5.74) is 1.51. The second-order valence-corrected chi connectivity index (χ2v) is 6.27. The van der Waals surface area contributed by atoms with Crippen molar-refractivity contribution >= 4 is 11.7 Å². The van der Waals surface area contributed by atoms with Gasteiger partial charge in [-0.2, -0.15) is 0 Å². The molecule has 0 heterocycles. The molecule has 3 N–H and O–H groups in total. The number of nitrogens with one attached hydrogen (secondary N) is 2. The van der Waals surface area contributed by atoms with E-state index >= 15 is 0 Å². The van der Waals surface area contributed by atoms with Gasteiger partial charge < -0.3 is 15.7 Å². The predicted octanol–water partition coefficient (Wildman–Crippen LogP) is 3.69. The van der Waals surface area contributed by atoms with E-state index in [4.69, 9.17) is 0 Å². The van der Waals surface area contributed by atoms with Gasteiger partial charge in [0, 0.05) is 11.7 Å². The fourth-order valence-corrected chi connectivity index (χ4v) is 3.00. The van der Waals surface area contributed by atoms with E-state index in [0.29, 0.717) is 17.5 Å². The maximum absolute atomic E-state index is 12.1. The van der Waals surface area contributed by atoms with Crippen LogP contribution in [0.4, 0.5) is 10.5 Å². The van der Waals surface area contributed by atoms with Gasteiger partial charge in [0.25, 0.3) is 0 Å². The minimum Gasteiger partial charge on any atom is -0.389 e. The number of carbonyl (C=O) groups is 1. The molecule has 2 rings (SSSR count). The van der Waals surface area contributed by atoms with E-state index in [1.807, 2.05) is 18.2 Å². The molecule has 1 fully saturated rings. The monoisotopic (exact) mass is 290 g/mol. The lowest BCUT2D eigenvalue weighted by Crippen LogP contribution is -2.45. The average molecular weight is 290 g/mol. The summed E-state index contributed by atoms with van der Waals surface area (Å²) < 4.78 is 0. The molecule has 0 spiro atoms. The fourth-order valence-electron chi connectivity index (χ4n) is 3.00. The molecule has 116 valence electrons. The number of hydrogen-bond donors (Lipinski definition) is 3. The number of urea groups is 1. The molecule has 4 heteroatoms. The highest BCUT2D eigenvalue weighted by Crippen LogP contribution is 2.29. The van der Waals surface area contributed by atoms with Crippen LogP contribution in [0.2, 0.25) is 0 Å². The van der Waals surface area contributed by atoms with E-state index in [0.717, 1.165) is 12.0 Å². The van der Waals surface area contributed by atoms with Crippen molar-refractivity contribution in [1.29, 1.82) is 0 Å². The van der Waals surface area contributed by atoms with Crippen molar-refractivity contribution in [2.24, 2.45) is 11.8 Å². The second-order valence-electron chi connectivity index (χ2n) is 6.27. The molecule has 1 aliphatic rings. The first-order valence-corrected chi connectivity index (χ1v) is 7.83. The molecule has 1 aliphatic carbocycles. The molecule has 0 saturated heterocycles. The summed E-state index contributed by atoms with van der Waals surface area (Å²) in [6.07, 6.45) is 2.94. The predicted molar refractivity (Wildman–Crippen MR) is 85.2 cm³/mol. The summed E-state index contributed by atoms with van der Waals surface area (Å²) in [7, 11) is 0. The molecule has 21 heavy (non-hydrogen) atoms. The standard InChI is InChI=1S/C17H26N2O2/c1-11-6-4-9-16(12(11)2)19-17(21)18-15-8-5-7-14(10-15)13(3)20/h5,7-8,10-13,16,20H,4,6,9H2,1-3H3,(H2,18,19,21). The van der Waals surface area contributed by atoms with Crippen LogP contribution in [-0.2, 0) is 0 Å². The number of hydrogen-bond acceptors (Lipinski definition) is 2. The lowest BCUT2D eigenvalue weighted by molar-refractivity contribution is 0.199. The number of carbonyl (C=O) groups excluding carboxylic acids is 1. The summed E-state index contributed by atoms with van der Waals surface area (Å²) in [6.45, 7) is 6.18. The van der Waals surface area contributed by atoms with E-state index in [1.54, 1.807) is 13.0 Å². The van der Waals surface area contributed by atoms with Crippen LogP contribution in [-0.4, -0.2) is 17.2 Å². The molecule has 0 aliphatic heterocycles. The molecule has 1 aromatic rings. The highest BCUT2D eigenvalue weighted by atomic mass is 16.3. The number of rotatable bonds is 3. The van der Waals surface area contributed by atoms with Gasteiger partial charge in [-0.05, 0) is 42.9 Å². The Kier molecular flexibility index (Phi) is 5.23. The average Bonchev–Trinajstić information content (AvgIpc) is 2.44. The van der Waals surface area contributed by atoms with Gasteiger partial charge >= 0.3 is 6.03 Å². The van der Waals surface area contributed by atoms with Crippen LogP contribution in [0.1, 0.15) is 51.7 Å². The maximum atomic E-state index is 12.1. The number of benzene rings is 1. The molecular weight excluding hydrogens is 264 g/mol. The van der Waals surface area contributed by atoms with Crippen molar-refractivity contribution in [3.63, 3.8) is 0 Å². The Morgan fingerprint density at radius 2 is 2.10 bits per heavy atom. The molecule has 1 aromatic carbocycles. The fraction of sp³-hybridized carbons (Fsp3) is 0.588. The highest BCUT2D eigenvalue weighted by molar-refractivity contribution is 5.89. The summed E-state index contributed by atoms with van der Waals surface area (Å²) in [6, 6.07) is 7.40. The quantitative estimate of drug-likeness (QED) is 0.795. The van der Waals surface area contributed by atoms with Gasteiger partial charge in [-0.1, -0.05) is 38.8 Å². The molecule has 4 unspecified atom stereocenters. The van der Waals surface area contributed by atoms with Crippen molar-refractivity contribution in [3.8, 4) is 0 Å². The summed E-state index contributed by atoms with van der Waals surface area (Å²) >= 11 is 0. The summed E-state index contributed by atoms with van der Waals surface area (Å²) in [4.78, 5) is 12.1. The first kappa shape index (κ1) is 15.8. The molecule has 1 saturated carbocycles. The van der Waals surface area contributed by atoms with Crippen LogP contribution < -0.4 is 10.6 Å². The first-order valence-electron chi connectivity index (χ1n) is 7.83. The van der Waals surface area contributed by atoms with Gasteiger partial charge in [-0.3, -0.25) is 0 Å². The Morgan fingerprint density at radius 1 is 1.33 bits per heavy atom. The highest BCUT2D eigenvalue weighted by Gasteiger charge is 2.28. The number of aliphatic hydroxyl groups excluding tert-OH is 1. The Labute approximate surface area is 126 Å². The minimum atomic E-state index is -0.533. The molecule has 0 bridgehead atoms. The molecule has 2 amide bonds. The van der Waals surface area contributed by atoms with Gasteiger partial charge in [-0.25, -0.2) is 4.79 Å². The third-order valence-corrected chi connectivity index (χ3v) is 4.65. The van der Waals surface area contributed by atoms with E-state index in [2.05, 4.69) is 24.5 Å². The van der Waals surface area contributed by atoms with Crippen molar-refractivity contribution in [3.05, 3.63) is 29.8 Å². The molecular formula is C17H26N2O2. The molecule has 0 radical (unpaired) electrons. The largest absolute Gasteiger partial charge is 0.389 e. The van der Waals surface area contributed by atoms with Gasteiger partial charge in [0.05, 0.1) is 6.10 Å². The first-order chi connectivity index (χ1) is 9.97. The lowest BCUT2D eigenvalue weighted by Gasteiger charge is -2.34. The van der Waals surface area contributed by atoms with E-state index in [9.17, 15) is 9.90 Å². The van der Waals surface area contributed by atoms with Crippen LogP contribution in [0.5, 0.6) is 0 Å². The zero-order valence-electron chi connectivity index (χ0n) is 13.1. The van der Waals surface area contributed by atoms with Gasteiger partial charge in [0.15, 0.2) is 0 Å². The van der Waals surface area contributed by atoms with Crippen LogP contribution in [0.3, 0.4) is 0 Å². The topological polar surface area (TPSA) is 61.4 Å². The number of amides is 2. The number of aliphatic hydroxyl groups is 1. The zero-order valence-corrected chi connectivity index (χ0v) is 13.1. The lowest BCUT2D eigenvalue weighted by atomic mass is 9.78. The Balaban J connectivity index is 1.94. The van der Waals surface area contributed by atoms with Crippen molar-refractivity contribution in [2.45, 2.75) is 52.2 Å². The van der Waals surface area contributed by atoms with Crippen LogP contribution in [0.15, 0.2) is 24.3 Å². The minimum absolute atomic E-state index is 0.163. The van der Waals surface area contributed by atoms with Crippen LogP contribution in [0.25, 0.3) is 0 Å². The van der Waals surface area contributed by atoms with Gasteiger partial charge in [-0.15, -0.1) is 0 Å². The van der Waals surface area contributed by atoms with E-state index < -0.39 is 6.10 Å². The Hall–Kier alpha value is -1.55. The van der Waals surface area contributed by atoms with Crippen molar-refractivity contribution in [1.82, 2.24) is 5.32 Å². The normalized spacial score (nSPS) is 27.0. The number of anilines is 1. The van der Waals surface area contributed by atoms with Crippen LogP contribution in [0, 0.1) is 11.8 Å². The molecule has 4 atom stereocenters. The molecule has 0 aromatic heterocycles. The van der Waals surface area contributed by atoms with E-state index in [1.165, 1.54) is 12.8 Å².